The average molecular weight is 1310 g/mol. The zero-order chi connectivity index (χ0) is 68.4. The number of benzene rings is 12. The minimum absolute atomic E-state index is 0.637. The Hall–Kier alpha value is -12.8. The van der Waals surface area contributed by atoms with Crippen LogP contribution in [0, 0.1) is 0 Å². The highest BCUT2D eigenvalue weighted by atomic mass is 15.2. The maximum absolute atomic E-state index is 5.58. The van der Waals surface area contributed by atoms with Crippen molar-refractivity contribution in [3.05, 3.63) is 400 Å². The molecule has 3 aromatic heterocycles. The van der Waals surface area contributed by atoms with Gasteiger partial charge in [-0.15, -0.1) is 0 Å². The quantitative estimate of drug-likeness (QED) is 0.0904. The number of aromatic nitrogens is 4. The van der Waals surface area contributed by atoms with Gasteiger partial charge in [0.2, 0.25) is 5.95 Å². The number of para-hydroxylation sites is 2. The third-order valence-electron chi connectivity index (χ3n) is 20.9. The Labute approximate surface area is 594 Å². The lowest BCUT2D eigenvalue weighted by molar-refractivity contribution is 1.02. The molecule has 5 nitrogen and oxygen atoms in total. The summed E-state index contributed by atoms with van der Waals surface area (Å²) in [6, 6.07) is 103. The van der Waals surface area contributed by atoms with Crippen molar-refractivity contribution < 1.29 is 0 Å². The van der Waals surface area contributed by atoms with Crippen LogP contribution in [0.1, 0.15) is 76.5 Å². The molecule has 1 aliphatic heterocycles. The normalized spacial score (nSPS) is 14.4. The molecule has 0 saturated heterocycles. The Balaban J connectivity index is 0.765. The van der Waals surface area contributed by atoms with E-state index >= 15 is 0 Å². The predicted molar refractivity (Wildman–Crippen MR) is 431 cm³/mol. The first-order valence-electron chi connectivity index (χ1n) is 35.3. The molecule has 0 atom stereocenters. The second-order valence-electron chi connectivity index (χ2n) is 27.3. The molecular weight excluding hydrogens is 1240 g/mol. The molecule has 0 radical (unpaired) electrons. The van der Waals surface area contributed by atoms with E-state index in [1.54, 1.807) is 0 Å². The maximum Gasteiger partial charge on any atom is 0.235 e. The first-order valence-corrected chi connectivity index (χ1v) is 35.3. The van der Waals surface area contributed by atoms with Crippen molar-refractivity contribution in [1.82, 2.24) is 19.1 Å². The molecule has 15 aromatic rings. The van der Waals surface area contributed by atoms with E-state index in [4.69, 9.17) is 15.0 Å². The summed E-state index contributed by atoms with van der Waals surface area (Å²) in [5, 5.41) is 6.69. The average Bonchev–Trinajstić information content (AvgIpc) is 1.54. The molecule has 102 heavy (non-hydrogen) atoms. The van der Waals surface area contributed by atoms with E-state index in [9.17, 15) is 0 Å². The van der Waals surface area contributed by atoms with Gasteiger partial charge in [0.25, 0.3) is 0 Å². The number of hydrogen-bond acceptors (Lipinski definition) is 3. The van der Waals surface area contributed by atoms with E-state index in [0.717, 1.165) is 152 Å². The van der Waals surface area contributed by atoms with E-state index in [1.165, 1.54) is 61.3 Å². The Kier molecular flexibility index (Phi) is 15.6. The molecule has 0 N–H and O–H groups in total. The molecular formula is C97H71N5. The second kappa shape index (κ2) is 25.8. The molecule has 0 amide bonds. The van der Waals surface area contributed by atoms with Gasteiger partial charge in [-0.3, -0.25) is 4.57 Å². The van der Waals surface area contributed by atoms with E-state index < -0.39 is 0 Å². The van der Waals surface area contributed by atoms with Crippen LogP contribution in [0.5, 0.6) is 0 Å². The molecule has 0 saturated carbocycles. The summed E-state index contributed by atoms with van der Waals surface area (Å²) >= 11 is 0. The smallest absolute Gasteiger partial charge is 0.235 e. The monoisotopic (exact) mass is 1310 g/mol. The van der Waals surface area contributed by atoms with Gasteiger partial charge in [-0.1, -0.05) is 273 Å². The van der Waals surface area contributed by atoms with Crippen molar-refractivity contribution in [2.24, 2.45) is 4.99 Å². The molecule has 12 aromatic carbocycles. The summed E-state index contributed by atoms with van der Waals surface area (Å²) in [5.41, 5.74) is 32.7. The van der Waals surface area contributed by atoms with Gasteiger partial charge in [-0.2, -0.15) is 0 Å². The summed E-state index contributed by atoms with van der Waals surface area (Å²) < 4.78 is 4.72. The predicted octanol–water partition coefficient (Wildman–Crippen LogP) is 24.6. The Morgan fingerprint density at radius 3 is 1.95 bits per heavy atom. The Morgan fingerprint density at radius 2 is 1.15 bits per heavy atom. The van der Waals surface area contributed by atoms with Crippen LogP contribution >= 0.6 is 0 Å². The number of hydrogen-bond donors (Lipinski definition) is 0. The van der Waals surface area contributed by atoms with Gasteiger partial charge in [0, 0.05) is 43.7 Å². The van der Waals surface area contributed by atoms with E-state index in [2.05, 4.69) is 364 Å². The largest absolute Gasteiger partial charge is 0.307 e. The van der Waals surface area contributed by atoms with Gasteiger partial charge in [-0.05, 0) is 207 Å². The van der Waals surface area contributed by atoms with E-state index in [1.807, 2.05) is 0 Å². The van der Waals surface area contributed by atoms with Crippen LogP contribution in [0.15, 0.2) is 349 Å². The zero-order valence-electron chi connectivity index (χ0n) is 57.2. The highest BCUT2D eigenvalue weighted by molar-refractivity contribution is 6.19. The fourth-order valence-corrected chi connectivity index (χ4v) is 15.7. The Morgan fingerprint density at radius 1 is 0.500 bits per heavy atom. The first kappa shape index (κ1) is 61.5. The van der Waals surface area contributed by atoms with Crippen LogP contribution in [0.3, 0.4) is 0 Å². The van der Waals surface area contributed by atoms with Crippen molar-refractivity contribution in [3.8, 4) is 34.0 Å². The highest BCUT2D eigenvalue weighted by Crippen LogP contribution is 2.45. The van der Waals surface area contributed by atoms with Gasteiger partial charge >= 0.3 is 0 Å². The first-order chi connectivity index (χ1) is 50.2. The Bertz CT molecular complexity index is 6220. The lowest BCUT2D eigenvalue weighted by Crippen LogP contribution is -2.08. The van der Waals surface area contributed by atoms with Gasteiger partial charge in [0.15, 0.2) is 0 Å². The fourth-order valence-electron chi connectivity index (χ4n) is 15.7. The lowest BCUT2D eigenvalue weighted by Gasteiger charge is -2.21. The van der Waals surface area contributed by atoms with Crippen LogP contribution in [-0.4, -0.2) is 24.8 Å². The standard InChI is InChI=1S/C97H71N5/c1-62(55-78(68-26-10-6-11-27-68)57-64(3)67-24-8-5-9-25-67)54-76-33-17-19-35-80(76)93-65(4)63(2)56-73-32-15-14-28-69(73)43-50-81(93)71-41-47-79(48-42-71)101-91-52-45-75(61-87(91)84-49-40-66-58-77-34-18-22-38-88(77)98-89(59-66)96(84)101)74-46-53-92-86(60-74)83-37-21-23-39-90(83)102(92)97-99-94(72-30-12-7-13-31-72)85-51-44-70-29-16-20-36-82(70)95(85)100-97/h5-42,44-53,55-57,59-61H,3,43,54,58H2,1-2,4H3/b62-55+,63-56+,78-57+,81-50?,93-65?. The number of nitrogens with zero attached hydrogens (tertiary/aromatic N) is 5. The van der Waals surface area contributed by atoms with Crippen LogP contribution in [0.2, 0.25) is 0 Å². The van der Waals surface area contributed by atoms with Crippen LogP contribution in [0.4, 0.5) is 5.69 Å². The van der Waals surface area contributed by atoms with Crippen LogP contribution < -0.4 is 0 Å². The van der Waals surface area contributed by atoms with E-state index in [0.29, 0.717) is 5.95 Å². The minimum Gasteiger partial charge on any atom is -0.307 e. The zero-order valence-corrected chi connectivity index (χ0v) is 57.2. The molecule has 18 rings (SSSR count). The molecule has 2 bridgehead atoms. The topological polar surface area (TPSA) is 48.0 Å². The SMILES string of the molecule is C=C(/C=C(\C=C(/C)Cc1ccccc1C1=C(C)/C(C)=C/c2ccccc2CC=C1c1ccc(-n2c3c(c4cc(-c5ccc6c(c5)c5ccccc5n6-c5nc(-c6ccccc6)c6ccc7ccccc7c6n5)ccc42)C=CC2=CC3=Nc3ccccc3C2)cc1)c1ccccc1)c1ccccc1. The van der Waals surface area contributed by atoms with Crippen molar-refractivity contribution in [2.45, 2.75) is 40.0 Å². The highest BCUT2D eigenvalue weighted by Gasteiger charge is 2.28. The molecule has 0 fully saturated rings. The molecule has 0 spiro atoms. The second-order valence-corrected chi connectivity index (χ2v) is 27.3. The number of rotatable bonds is 12. The number of fused-ring (bicyclic) bond motifs is 13. The summed E-state index contributed by atoms with van der Waals surface area (Å²) in [6.07, 6.45) is 18.7. The van der Waals surface area contributed by atoms with Gasteiger partial charge in [0.1, 0.15) is 0 Å². The number of aliphatic imine (C=N–C) groups is 1. The van der Waals surface area contributed by atoms with Gasteiger partial charge < -0.3 is 4.57 Å². The molecule has 484 valence electrons. The van der Waals surface area contributed by atoms with Crippen LogP contribution in [0.25, 0.3) is 123 Å². The molecule has 5 heteroatoms. The molecule has 4 heterocycles. The summed E-state index contributed by atoms with van der Waals surface area (Å²) in [6.45, 7) is 11.4. The summed E-state index contributed by atoms with van der Waals surface area (Å²) in [5.74, 6) is 0.637. The van der Waals surface area contributed by atoms with Crippen molar-refractivity contribution >= 4 is 100 Å². The molecule has 0 unspecified atom stereocenters. The minimum atomic E-state index is 0.637. The third kappa shape index (κ3) is 11.1. The summed E-state index contributed by atoms with van der Waals surface area (Å²) in [4.78, 5) is 16.5. The third-order valence-corrected chi connectivity index (χ3v) is 20.9. The fraction of sp³-hybridized carbons (Fsp3) is 0.0619. The number of allylic oxidation sites excluding steroid dienone is 13. The van der Waals surface area contributed by atoms with Crippen molar-refractivity contribution in [1.29, 1.82) is 0 Å². The van der Waals surface area contributed by atoms with Crippen molar-refractivity contribution in [3.63, 3.8) is 0 Å². The van der Waals surface area contributed by atoms with Crippen molar-refractivity contribution in [2.75, 3.05) is 0 Å². The van der Waals surface area contributed by atoms with Gasteiger partial charge in [0.05, 0.1) is 44.9 Å². The molecule has 3 aliphatic rings. The lowest BCUT2D eigenvalue weighted by atomic mass is 9.83. The van der Waals surface area contributed by atoms with Gasteiger partial charge in [-0.25, -0.2) is 15.0 Å². The van der Waals surface area contributed by atoms with E-state index in [-0.39, 0.29) is 0 Å². The van der Waals surface area contributed by atoms with Crippen LogP contribution in [-0.2, 0) is 19.3 Å². The molecule has 2 aliphatic carbocycles. The maximum atomic E-state index is 5.58. The summed E-state index contributed by atoms with van der Waals surface area (Å²) in [7, 11) is 0.